The minimum Gasteiger partial charge on any atom is -0.312 e. The van der Waals surface area contributed by atoms with Gasteiger partial charge in [-0.3, -0.25) is 0 Å². The number of halogens is 2. The summed E-state index contributed by atoms with van der Waals surface area (Å²) in [6.45, 7) is 0. The number of benzene rings is 1. The number of fused-ring (bicyclic) bond motifs is 1. The second-order valence-electron chi connectivity index (χ2n) is 5.23. The molecule has 0 saturated heterocycles. The van der Waals surface area contributed by atoms with Gasteiger partial charge in [-0.05, 0) is 62.1 Å². The van der Waals surface area contributed by atoms with Crippen molar-refractivity contribution >= 4 is 38.9 Å². The largest absolute Gasteiger partial charge is 0.312 e. The van der Waals surface area contributed by atoms with Gasteiger partial charge >= 0.3 is 0 Å². The van der Waals surface area contributed by atoms with E-state index < -0.39 is 0 Å². The van der Waals surface area contributed by atoms with E-state index in [1.54, 1.807) is 10.4 Å². The molecule has 1 unspecified atom stereocenters. The van der Waals surface area contributed by atoms with E-state index in [1.165, 1.54) is 29.7 Å². The average Bonchev–Trinajstić information content (AvgIpc) is 2.98. The van der Waals surface area contributed by atoms with E-state index in [4.69, 9.17) is 11.6 Å². The molecule has 1 aromatic heterocycles. The van der Waals surface area contributed by atoms with Crippen molar-refractivity contribution in [3.05, 3.63) is 54.6 Å². The molecule has 0 bridgehead atoms. The average molecular weight is 371 g/mol. The maximum absolute atomic E-state index is 6.34. The fourth-order valence-electron chi connectivity index (χ4n) is 2.78. The van der Waals surface area contributed by atoms with Crippen LogP contribution >= 0.6 is 38.9 Å². The standard InChI is InChI=1S/C16H17BrClNS/c1-19-14(7-10-5-6-12(17)9-13(10)18)16-8-11-3-2-4-15(11)20-16/h5-6,8-9,14,19H,2-4,7H2,1H3. The van der Waals surface area contributed by atoms with Gasteiger partial charge in [0.15, 0.2) is 0 Å². The van der Waals surface area contributed by atoms with E-state index in [9.17, 15) is 0 Å². The van der Waals surface area contributed by atoms with Crippen molar-refractivity contribution in [2.45, 2.75) is 31.7 Å². The normalized spacial score (nSPS) is 15.3. The van der Waals surface area contributed by atoms with Gasteiger partial charge in [-0.2, -0.15) is 0 Å². The number of likely N-dealkylation sites (N-methyl/N-ethyl adjacent to an activating group) is 1. The highest BCUT2D eigenvalue weighted by molar-refractivity contribution is 9.10. The highest BCUT2D eigenvalue weighted by atomic mass is 79.9. The van der Waals surface area contributed by atoms with Crippen LogP contribution < -0.4 is 5.32 Å². The molecule has 0 radical (unpaired) electrons. The minimum atomic E-state index is 0.351. The van der Waals surface area contributed by atoms with Gasteiger partial charge in [0.1, 0.15) is 0 Å². The van der Waals surface area contributed by atoms with Gasteiger partial charge < -0.3 is 5.32 Å². The SMILES string of the molecule is CNC(Cc1ccc(Br)cc1Cl)c1cc2c(s1)CCC2. The van der Waals surface area contributed by atoms with Crippen LogP contribution in [-0.2, 0) is 19.3 Å². The Morgan fingerprint density at radius 3 is 2.90 bits per heavy atom. The third-order valence-electron chi connectivity index (χ3n) is 3.90. The summed E-state index contributed by atoms with van der Waals surface area (Å²) in [5.41, 5.74) is 2.76. The molecular weight excluding hydrogens is 354 g/mol. The number of thiophene rings is 1. The van der Waals surface area contributed by atoms with E-state index in [0.29, 0.717) is 6.04 Å². The molecule has 0 amide bonds. The van der Waals surface area contributed by atoms with Crippen LogP contribution in [0, 0.1) is 0 Å². The molecular formula is C16H17BrClNS. The van der Waals surface area contributed by atoms with Crippen molar-refractivity contribution in [3.8, 4) is 0 Å². The first-order valence-corrected chi connectivity index (χ1v) is 8.89. The van der Waals surface area contributed by atoms with E-state index in [2.05, 4.69) is 39.4 Å². The number of nitrogens with one attached hydrogen (secondary N) is 1. The van der Waals surface area contributed by atoms with E-state index in [0.717, 1.165) is 15.9 Å². The molecule has 0 spiro atoms. The summed E-state index contributed by atoms with van der Waals surface area (Å²) in [5.74, 6) is 0. The Morgan fingerprint density at radius 1 is 1.35 bits per heavy atom. The van der Waals surface area contributed by atoms with Crippen LogP contribution in [0.15, 0.2) is 28.7 Å². The Balaban J connectivity index is 1.82. The molecule has 0 aliphatic heterocycles. The summed E-state index contributed by atoms with van der Waals surface area (Å²) in [7, 11) is 2.03. The lowest BCUT2D eigenvalue weighted by molar-refractivity contribution is 0.601. The topological polar surface area (TPSA) is 12.0 Å². The fraction of sp³-hybridized carbons (Fsp3) is 0.375. The fourth-order valence-corrected chi connectivity index (χ4v) is 4.89. The lowest BCUT2D eigenvalue weighted by Crippen LogP contribution is -2.18. The Morgan fingerprint density at radius 2 is 2.20 bits per heavy atom. The van der Waals surface area contributed by atoms with Crippen molar-refractivity contribution in [3.63, 3.8) is 0 Å². The van der Waals surface area contributed by atoms with Crippen LogP contribution in [0.3, 0.4) is 0 Å². The van der Waals surface area contributed by atoms with Crippen LogP contribution in [0.1, 0.15) is 33.3 Å². The van der Waals surface area contributed by atoms with Gasteiger partial charge in [0.25, 0.3) is 0 Å². The molecule has 1 aromatic carbocycles. The monoisotopic (exact) mass is 369 g/mol. The number of hydrogen-bond donors (Lipinski definition) is 1. The molecule has 0 fully saturated rings. The maximum atomic E-state index is 6.34. The summed E-state index contributed by atoms with van der Waals surface area (Å²) in [6.07, 6.45) is 4.77. The summed E-state index contributed by atoms with van der Waals surface area (Å²) in [4.78, 5) is 3.03. The first-order chi connectivity index (χ1) is 9.67. The second-order valence-corrected chi connectivity index (χ2v) is 7.72. The molecule has 1 aliphatic carbocycles. The van der Waals surface area contributed by atoms with Crippen molar-refractivity contribution in [2.24, 2.45) is 0 Å². The van der Waals surface area contributed by atoms with Crippen molar-refractivity contribution in [1.29, 1.82) is 0 Å². The zero-order valence-corrected chi connectivity index (χ0v) is 14.5. The van der Waals surface area contributed by atoms with Crippen LogP contribution in [0.4, 0.5) is 0 Å². The zero-order chi connectivity index (χ0) is 14.1. The number of hydrogen-bond acceptors (Lipinski definition) is 2. The van der Waals surface area contributed by atoms with E-state index >= 15 is 0 Å². The van der Waals surface area contributed by atoms with Gasteiger partial charge in [0.2, 0.25) is 0 Å². The van der Waals surface area contributed by atoms with Crippen molar-refractivity contribution < 1.29 is 0 Å². The lowest BCUT2D eigenvalue weighted by Gasteiger charge is -2.16. The molecule has 1 heterocycles. The first-order valence-electron chi connectivity index (χ1n) is 6.90. The molecule has 1 aliphatic rings. The molecule has 1 atom stereocenters. The third-order valence-corrected chi connectivity index (χ3v) is 6.09. The minimum absolute atomic E-state index is 0.351. The molecule has 3 rings (SSSR count). The molecule has 1 N–H and O–H groups in total. The number of aryl methyl sites for hydroxylation is 2. The highest BCUT2D eigenvalue weighted by Gasteiger charge is 2.20. The van der Waals surface area contributed by atoms with Crippen LogP contribution in [0.2, 0.25) is 5.02 Å². The summed E-state index contributed by atoms with van der Waals surface area (Å²) in [6, 6.07) is 8.88. The molecule has 0 saturated carbocycles. The predicted octanol–water partition coefficient (Wildman–Crippen LogP) is 5.16. The maximum Gasteiger partial charge on any atom is 0.0453 e. The summed E-state index contributed by atoms with van der Waals surface area (Å²) in [5, 5.41) is 4.27. The first kappa shape index (κ1) is 14.6. The smallest absolute Gasteiger partial charge is 0.0453 e. The van der Waals surface area contributed by atoms with Gasteiger partial charge in [-0.1, -0.05) is 33.6 Å². The Hall–Kier alpha value is -0.350. The summed E-state index contributed by atoms with van der Waals surface area (Å²) >= 11 is 11.8. The quantitative estimate of drug-likeness (QED) is 0.784. The Labute approximate surface area is 137 Å². The highest BCUT2D eigenvalue weighted by Crippen LogP contribution is 2.35. The second kappa shape index (κ2) is 6.18. The van der Waals surface area contributed by atoms with E-state index in [-0.39, 0.29) is 0 Å². The third kappa shape index (κ3) is 2.96. The lowest BCUT2D eigenvalue weighted by atomic mass is 10.0. The molecule has 20 heavy (non-hydrogen) atoms. The molecule has 2 aromatic rings. The van der Waals surface area contributed by atoms with Crippen molar-refractivity contribution in [2.75, 3.05) is 7.05 Å². The van der Waals surface area contributed by atoms with Gasteiger partial charge in [0.05, 0.1) is 0 Å². The zero-order valence-electron chi connectivity index (χ0n) is 11.4. The van der Waals surface area contributed by atoms with Gasteiger partial charge in [-0.15, -0.1) is 11.3 Å². The Bertz CT molecular complexity index is 601. The van der Waals surface area contributed by atoms with E-state index in [1.807, 2.05) is 24.5 Å². The van der Waals surface area contributed by atoms with Crippen LogP contribution in [0.25, 0.3) is 0 Å². The number of rotatable bonds is 4. The molecule has 106 valence electrons. The van der Waals surface area contributed by atoms with Gasteiger partial charge in [-0.25, -0.2) is 0 Å². The van der Waals surface area contributed by atoms with Crippen LogP contribution in [0.5, 0.6) is 0 Å². The van der Waals surface area contributed by atoms with Gasteiger partial charge in [0, 0.05) is 25.3 Å². The predicted molar refractivity (Wildman–Crippen MR) is 91.0 cm³/mol. The Kier molecular flexibility index (Phi) is 4.51. The molecule has 1 nitrogen and oxygen atoms in total. The van der Waals surface area contributed by atoms with Crippen LogP contribution in [-0.4, -0.2) is 7.05 Å². The summed E-state index contributed by atoms with van der Waals surface area (Å²) < 4.78 is 1.03. The van der Waals surface area contributed by atoms with Crippen molar-refractivity contribution in [1.82, 2.24) is 5.32 Å². The molecule has 4 heteroatoms.